The van der Waals surface area contributed by atoms with Gasteiger partial charge in [-0.25, -0.2) is 4.98 Å². The third-order valence-electron chi connectivity index (χ3n) is 6.36. The molecule has 0 saturated heterocycles. The fraction of sp³-hybridized carbons (Fsp3) is 0.457. The van der Waals surface area contributed by atoms with Crippen LogP contribution < -0.4 is 5.32 Å². The van der Waals surface area contributed by atoms with Gasteiger partial charge in [0.05, 0.1) is 12.1 Å². The average Bonchev–Trinajstić information content (AvgIpc) is 3.02. The molecule has 2 N–H and O–H groups in total. The number of hydrogen-bond donors (Lipinski definition) is 2. The number of nitroso groups, excluding NO2 is 1. The van der Waals surface area contributed by atoms with Crippen LogP contribution in [-0.4, -0.2) is 47.3 Å². The summed E-state index contributed by atoms with van der Waals surface area (Å²) in [6, 6.07) is 22.6. The highest BCUT2D eigenvalue weighted by molar-refractivity contribution is 6.30. The minimum Gasteiger partial charge on any atom is -0.395 e. The Balaban J connectivity index is 0.000000382. The van der Waals surface area contributed by atoms with Crippen molar-refractivity contribution in [2.45, 2.75) is 80.3 Å². The first-order chi connectivity index (χ1) is 20.5. The molecule has 6 nitrogen and oxygen atoms in total. The largest absolute Gasteiger partial charge is 0.395 e. The van der Waals surface area contributed by atoms with Crippen molar-refractivity contribution in [3.8, 4) is 0 Å². The Labute approximate surface area is 258 Å². The lowest BCUT2D eigenvalue weighted by Crippen LogP contribution is -2.30. The average molecular weight is 595 g/mol. The maximum atomic E-state index is 10.6. The molecule has 0 radical (unpaired) electrons. The van der Waals surface area contributed by atoms with Crippen molar-refractivity contribution >= 4 is 39.0 Å². The monoisotopic (exact) mass is 594 g/mol. The van der Waals surface area contributed by atoms with Crippen LogP contribution in [0.4, 0.5) is 5.69 Å². The summed E-state index contributed by atoms with van der Waals surface area (Å²) in [5.41, 5.74) is 3.53. The van der Waals surface area contributed by atoms with Gasteiger partial charge in [0.25, 0.3) is 0 Å². The second kappa shape index (κ2) is 21.8. The summed E-state index contributed by atoms with van der Waals surface area (Å²) in [6.07, 6.45) is 3.21. The molecule has 0 aliphatic heterocycles. The lowest BCUT2D eigenvalue weighted by molar-refractivity contribution is 0.266. The Morgan fingerprint density at radius 3 is 2.19 bits per heavy atom. The predicted molar refractivity (Wildman–Crippen MR) is 183 cm³/mol. The van der Waals surface area contributed by atoms with E-state index in [-0.39, 0.29) is 6.61 Å². The standard InChI is InChI=1S/C16H20ClN3O.C15H19NO.2C2H6/c1-3-7-20(8-4-2)11-13-9-12-10-14(19-21)5-6-15(12)18-16(13)17;1-12(16-8-9-17)10-13-6-7-14-4-2-3-5-15(14)11-13;2*1-2/h5-6,9-10H,3-4,7-8,11H2,1-2H3;2-7,11-12,16-17H,8-10H2,1H3;2*1-2H3. The Kier molecular flexibility index (Phi) is 19.2. The maximum absolute atomic E-state index is 10.6. The van der Waals surface area contributed by atoms with E-state index in [0.29, 0.717) is 23.4 Å². The molecule has 1 aromatic heterocycles. The van der Waals surface area contributed by atoms with Crippen LogP contribution >= 0.6 is 11.6 Å². The van der Waals surface area contributed by atoms with E-state index in [1.54, 1.807) is 18.2 Å². The molecule has 0 bridgehead atoms. The van der Waals surface area contributed by atoms with Crippen molar-refractivity contribution in [1.82, 2.24) is 15.2 Å². The molecule has 3 aromatic carbocycles. The zero-order chi connectivity index (χ0) is 31.3. The third-order valence-corrected chi connectivity index (χ3v) is 6.69. The molecule has 0 aliphatic rings. The Morgan fingerprint density at radius 2 is 1.57 bits per heavy atom. The van der Waals surface area contributed by atoms with Crippen LogP contribution in [0.2, 0.25) is 5.15 Å². The summed E-state index contributed by atoms with van der Waals surface area (Å²) in [5, 5.41) is 19.0. The highest BCUT2D eigenvalue weighted by atomic mass is 35.5. The van der Waals surface area contributed by atoms with E-state index < -0.39 is 0 Å². The Bertz CT molecular complexity index is 1310. The molecule has 4 aromatic rings. The first kappa shape index (κ1) is 37.1. The summed E-state index contributed by atoms with van der Waals surface area (Å²) < 4.78 is 0. The van der Waals surface area contributed by atoms with Gasteiger partial charge in [-0.1, -0.05) is 95.6 Å². The van der Waals surface area contributed by atoms with Crippen LogP contribution in [0.5, 0.6) is 0 Å². The van der Waals surface area contributed by atoms with E-state index in [1.807, 2.05) is 33.8 Å². The maximum Gasteiger partial charge on any atom is 0.134 e. The number of hydrogen-bond acceptors (Lipinski definition) is 6. The number of nitrogens with one attached hydrogen (secondary N) is 1. The number of nitrogens with zero attached hydrogens (tertiary/aromatic N) is 3. The van der Waals surface area contributed by atoms with Crippen molar-refractivity contribution in [2.75, 3.05) is 26.2 Å². The second-order valence-electron chi connectivity index (χ2n) is 9.65. The highest BCUT2D eigenvalue weighted by Crippen LogP contribution is 2.25. The minimum atomic E-state index is 0.196. The molecular formula is C35H51ClN4O2. The Hall–Kier alpha value is -2.90. The normalized spacial score (nSPS) is 11.1. The van der Waals surface area contributed by atoms with Crippen molar-refractivity contribution in [3.05, 3.63) is 87.9 Å². The summed E-state index contributed by atoms with van der Waals surface area (Å²) in [5.74, 6) is 0. The smallest absolute Gasteiger partial charge is 0.134 e. The van der Waals surface area contributed by atoms with Gasteiger partial charge in [-0.15, -0.1) is 4.91 Å². The number of benzene rings is 3. The lowest BCUT2D eigenvalue weighted by atomic mass is 10.0. The van der Waals surface area contributed by atoms with Gasteiger partial charge in [-0.3, -0.25) is 4.90 Å². The molecule has 0 aliphatic carbocycles. The number of aliphatic hydroxyl groups excluding tert-OH is 1. The summed E-state index contributed by atoms with van der Waals surface area (Å²) in [7, 11) is 0. The molecule has 4 rings (SSSR count). The van der Waals surface area contributed by atoms with Crippen LogP contribution in [0.1, 0.15) is 72.4 Å². The van der Waals surface area contributed by atoms with Gasteiger partial charge in [0.2, 0.25) is 0 Å². The molecule has 230 valence electrons. The molecule has 1 heterocycles. The SMILES string of the molecule is CC.CC.CC(Cc1ccc2ccccc2c1)NCCO.CCCN(CCC)Cc1cc2cc(N=O)ccc2nc1Cl. The number of pyridine rings is 1. The van der Waals surface area contributed by atoms with Crippen molar-refractivity contribution < 1.29 is 5.11 Å². The fourth-order valence-electron chi connectivity index (χ4n) is 4.60. The van der Waals surface area contributed by atoms with Crippen LogP contribution in [0.3, 0.4) is 0 Å². The fourth-order valence-corrected chi connectivity index (χ4v) is 4.80. The van der Waals surface area contributed by atoms with Gasteiger partial charge in [0.15, 0.2) is 0 Å². The van der Waals surface area contributed by atoms with Gasteiger partial charge < -0.3 is 10.4 Å². The van der Waals surface area contributed by atoms with Crippen molar-refractivity contribution in [2.24, 2.45) is 5.18 Å². The van der Waals surface area contributed by atoms with Gasteiger partial charge in [0, 0.05) is 30.1 Å². The minimum absolute atomic E-state index is 0.196. The molecule has 0 amide bonds. The van der Waals surface area contributed by atoms with Gasteiger partial charge in [-0.05, 0) is 85.1 Å². The molecule has 42 heavy (non-hydrogen) atoms. The summed E-state index contributed by atoms with van der Waals surface area (Å²) in [6.45, 7) is 18.2. The zero-order valence-corrected chi connectivity index (χ0v) is 27.4. The first-order valence-corrected chi connectivity index (χ1v) is 15.8. The number of rotatable bonds is 12. The van der Waals surface area contributed by atoms with Crippen LogP contribution in [0.15, 0.2) is 71.9 Å². The summed E-state index contributed by atoms with van der Waals surface area (Å²) in [4.78, 5) is 17.4. The number of aliphatic hydroxyl groups is 1. The molecular weight excluding hydrogens is 544 g/mol. The summed E-state index contributed by atoms with van der Waals surface area (Å²) >= 11 is 6.30. The highest BCUT2D eigenvalue weighted by Gasteiger charge is 2.10. The second-order valence-corrected chi connectivity index (χ2v) is 10.0. The number of fused-ring (bicyclic) bond motifs is 2. The van der Waals surface area contributed by atoms with Gasteiger partial charge in [-0.2, -0.15) is 0 Å². The van der Waals surface area contributed by atoms with E-state index >= 15 is 0 Å². The predicted octanol–water partition coefficient (Wildman–Crippen LogP) is 9.31. The van der Waals surface area contributed by atoms with Crippen LogP contribution in [0, 0.1) is 4.91 Å². The third kappa shape index (κ3) is 12.5. The molecule has 1 atom stereocenters. The zero-order valence-electron chi connectivity index (χ0n) is 26.7. The van der Waals surface area contributed by atoms with E-state index in [2.05, 4.69) is 83.6 Å². The van der Waals surface area contributed by atoms with Crippen molar-refractivity contribution in [1.29, 1.82) is 0 Å². The molecule has 1 unspecified atom stereocenters. The van der Waals surface area contributed by atoms with Gasteiger partial charge in [0.1, 0.15) is 10.8 Å². The molecule has 0 fully saturated rings. The van der Waals surface area contributed by atoms with E-state index in [1.165, 1.54) is 16.3 Å². The number of halogens is 1. The van der Waals surface area contributed by atoms with E-state index in [0.717, 1.165) is 55.4 Å². The molecule has 7 heteroatoms. The lowest BCUT2D eigenvalue weighted by Gasteiger charge is -2.21. The molecule has 0 saturated carbocycles. The van der Waals surface area contributed by atoms with E-state index in [9.17, 15) is 4.91 Å². The first-order valence-electron chi connectivity index (χ1n) is 15.4. The number of aromatic nitrogens is 1. The molecule has 0 spiro atoms. The van der Waals surface area contributed by atoms with Gasteiger partial charge >= 0.3 is 0 Å². The van der Waals surface area contributed by atoms with Crippen LogP contribution in [0.25, 0.3) is 21.7 Å². The van der Waals surface area contributed by atoms with Crippen LogP contribution in [-0.2, 0) is 13.0 Å². The van der Waals surface area contributed by atoms with E-state index in [4.69, 9.17) is 16.7 Å². The topological polar surface area (TPSA) is 77.8 Å². The quantitative estimate of drug-likeness (QED) is 0.126. The Morgan fingerprint density at radius 1 is 0.905 bits per heavy atom. The van der Waals surface area contributed by atoms with Crippen molar-refractivity contribution in [3.63, 3.8) is 0 Å².